The Hall–Kier alpha value is -2.15. The molecule has 2 aromatic rings. The quantitative estimate of drug-likeness (QED) is 0.858. The Morgan fingerprint density at radius 2 is 2.00 bits per heavy atom. The normalized spacial score (nSPS) is 15.0. The van der Waals surface area contributed by atoms with Crippen LogP contribution in [0.25, 0.3) is 0 Å². The second-order valence-electron chi connectivity index (χ2n) is 5.51. The minimum absolute atomic E-state index is 0.109. The summed E-state index contributed by atoms with van der Waals surface area (Å²) in [6, 6.07) is 3.37. The molecule has 0 saturated carbocycles. The van der Waals surface area contributed by atoms with Crippen LogP contribution in [0.4, 0.5) is 0 Å². The fourth-order valence-corrected chi connectivity index (χ4v) is 3.44. The SMILES string of the molecule is Cc1ncsc1CCC(=O)N1CCN(C(=O)c2ccco2)CC1. The maximum Gasteiger partial charge on any atom is 0.289 e. The molecule has 23 heavy (non-hydrogen) atoms. The average Bonchev–Trinajstić information content (AvgIpc) is 3.24. The van der Waals surface area contributed by atoms with E-state index in [9.17, 15) is 9.59 Å². The second-order valence-corrected chi connectivity index (χ2v) is 6.45. The van der Waals surface area contributed by atoms with E-state index in [0.717, 1.165) is 12.1 Å². The van der Waals surface area contributed by atoms with Crippen molar-refractivity contribution in [2.24, 2.45) is 0 Å². The number of piperazine rings is 1. The molecule has 1 aliphatic heterocycles. The molecule has 1 saturated heterocycles. The van der Waals surface area contributed by atoms with Crippen LogP contribution in [-0.2, 0) is 11.2 Å². The summed E-state index contributed by atoms with van der Waals surface area (Å²) in [7, 11) is 0. The molecular formula is C16H19N3O3S. The van der Waals surface area contributed by atoms with Crippen LogP contribution >= 0.6 is 11.3 Å². The smallest absolute Gasteiger partial charge is 0.289 e. The summed E-state index contributed by atoms with van der Waals surface area (Å²) in [6.45, 7) is 4.21. The van der Waals surface area contributed by atoms with E-state index in [2.05, 4.69) is 4.98 Å². The van der Waals surface area contributed by atoms with E-state index in [1.54, 1.807) is 28.4 Å². The highest BCUT2D eigenvalue weighted by atomic mass is 32.1. The number of aromatic nitrogens is 1. The van der Waals surface area contributed by atoms with Crippen LogP contribution in [0.2, 0.25) is 0 Å². The number of hydrogen-bond donors (Lipinski definition) is 0. The van der Waals surface area contributed by atoms with Gasteiger partial charge in [0.15, 0.2) is 5.76 Å². The third-order valence-electron chi connectivity index (χ3n) is 4.06. The number of rotatable bonds is 4. The maximum atomic E-state index is 12.3. The van der Waals surface area contributed by atoms with Gasteiger partial charge >= 0.3 is 0 Å². The number of hydrogen-bond acceptors (Lipinski definition) is 5. The third kappa shape index (κ3) is 3.61. The molecule has 3 rings (SSSR count). The van der Waals surface area contributed by atoms with E-state index in [-0.39, 0.29) is 11.8 Å². The first-order chi connectivity index (χ1) is 11.1. The van der Waals surface area contributed by atoms with Crippen molar-refractivity contribution in [3.8, 4) is 0 Å². The second kappa shape index (κ2) is 6.95. The van der Waals surface area contributed by atoms with Crippen molar-refractivity contribution in [3.63, 3.8) is 0 Å². The highest BCUT2D eigenvalue weighted by Gasteiger charge is 2.25. The first-order valence-corrected chi connectivity index (χ1v) is 8.52. The number of furan rings is 1. The lowest BCUT2D eigenvalue weighted by atomic mass is 10.2. The fourth-order valence-electron chi connectivity index (χ4n) is 2.66. The van der Waals surface area contributed by atoms with E-state index >= 15 is 0 Å². The highest BCUT2D eigenvalue weighted by molar-refractivity contribution is 7.09. The van der Waals surface area contributed by atoms with Crippen LogP contribution in [0, 0.1) is 6.92 Å². The van der Waals surface area contributed by atoms with Crippen molar-refractivity contribution in [3.05, 3.63) is 40.2 Å². The van der Waals surface area contributed by atoms with Gasteiger partial charge in [0.1, 0.15) is 0 Å². The summed E-state index contributed by atoms with van der Waals surface area (Å²) in [6.07, 6.45) is 2.73. The van der Waals surface area contributed by atoms with Crippen molar-refractivity contribution < 1.29 is 14.0 Å². The van der Waals surface area contributed by atoms with Gasteiger partial charge in [0.25, 0.3) is 5.91 Å². The Morgan fingerprint density at radius 3 is 2.61 bits per heavy atom. The zero-order valence-corrected chi connectivity index (χ0v) is 13.8. The van der Waals surface area contributed by atoms with Crippen LogP contribution < -0.4 is 0 Å². The topological polar surface area (TPSA) is 66.7 Å². The molecule has 1 fully saturated rings. The van der Waals surface area contributed by atoms with Gasteiger partial charge in [-0.3, -0.25) is 9.59 Å². The van der Waals surface area contributed by atoms with Gasteiger partial charge in [-0.25, -0.2) is 4.98 Å². The van der Waals surface area contributed by atoms with Gasteiger partial charge in [-0.2, -0.15) is 0 Å². The monoisotopic (exact) mass is 333 g/mol. The number of thiazole rings is 1. The van der Waals surface area contributed by atoms with E-state index in [4.69, 9.17) is 4.42 Å². The van der Waals surface area contributed by atoms with Crippen molar-refractivity contribution in [2.75, 3.05) is 26.2 Å². The molecule has 0 N–H and O–H groups in total. The molecule has 122 valence electrons. The molecule has 0 spiro atoms. The molecule has 2 aromatic heterocycles. The van der Waals surface area contributed by atoms with Crippen LogP contribution in [0.3, 0.4) is 0 Å². The molecule has 0 bridgehead atoms. The van der Waals surface area contributed by atoms with Crippen molar-refractivity contribution in [1.82, 2.24) is 14.8 Å². The molecule has 0 aromatic carbocycles. The first kappa shape index (κ1) is 15.7. The number of nitrogens with zero attached hydrogens (tertiary/aromatic N) is 3. The van der Waals surface area contributed by atoms with Crippen LogP contribution in [0.15, 0.2) is 28.3 Å². The van der Waals surface area contributed by atoms with Crippen molar-refractivity contribution >= 4 is 23.2 Å². The molecule has 7 heteroatoms. The van der Waals surface area contributed by atoms with E-state index < -0.39 is 0 Å². The largest absolute Gasteiger partial charge is 0.459 e. The zero-order chi connectivity index (χ0) is 16.2. The molecule has 6 nitrogen and oxygen atoms in total. The predicted molar refractivity (Wildman–Crippen MR) is 86.4 cm³/mol. The van der Waals surface area contributed by atoms with E-state index in [0.29, 0.717) is 38.4 Å². The minimum Gasteiger partial charge on any atom is -0.459 e. The minimum atomic E-state index is -0.109. The average molecular weight is 333 g/mol. The Kier molecular flexibility index (Phi) is 4.76. The summed E-state index contributed by atoms with van der Waals surface area (Å²) in [4.78, 5) is 33.4. The fraction of sp³-hybridized carbons (Fsp3) is 0.438. The van der Waals surface area contributed by atoms with Crippen LogP contribution in [0.1, 0.15) is 27.5 Å². The van der Waals surface area contributed by atoms with Gasteiger partial charge in [-0.15, -0.1) is 11.3 Å². The summed E-state index contributed by atoms with van der Waals surface area (Å²) in [5, 5.41) is 0. The summed E-state index contributed by atoms with van der Waals surface area (Å²) in [5.41, 5.74) is 2.82. The lowest BCUT2D eigenvalue weighted by Crippen LogP contribution is -2.50. The van der Waals surface area contributed by atoms with E-state index in [1.165, 1.54) is 11.1 Å². The van der Waals surface area contributed by atoms with Crippen molar-refractivity contribution in [2.45, 2.75) is 19.8 Å². The Morgan fingerprint density at radius 1 is 1.26 bits per heavy atom. The van der Waals surface area contributed by atoms with Crippen LogP contribution in [0.5, 0.6) is 0 Å². The third-order valence-corrected chi connectivity index (χ3v) is 5.06. The van der Waals surface area contributed by atoms with Gasteiger partial charge < -0.3 is 14.2 Å². The highest BCUT2D eigenvalue weighted by Crippen LogP contribution is 2.16. The standard InChI is InChI=1S/C16H19N3O3S/c1-12-14(23-11-17-12)4-5-15(20)18-6-8-19(9-7-18)16(21)13-3-2-10-22-13/h2-3,10-11H,4-9H2,1H3. The summed E-state index contributed by atoms with van der Waals surface area (Å²) >= 11 is 1.60. The molecule has 3 heterocycles. The molecule has 0 radical (unpaired) electrons. The first-order valence-electron chi connectivity index (χ1n) is 7.64. The lowest BCUT2D eigenvalue weighted by molar-refractivity contribution is -0.132. The Balaban J connectivity index is 1.47. The predicted octanol–water partition coefficient (Wildman–Crippen LogP) is 1.96. The van der Waals surface area contributed by atoms with Crippen LogP contribution in [-0.4, -0.2) is 52.8 Å². The van der Waals surface area contributed by atoms with Gasteiger partial charge in [0, 0.05) is 37.5 Å². The molecular weight excluding hydrogens is 314 g/mol. The lowest BCUT2D eigenvalue weighted by Gasteiger charge is -2.34. The van der Waals surface area contributed by atoms with Gasteiger partial charge in [0.2, 0.25) is 5.91 Å². The molecule has 1 aliphatic rings. The number of amides is 2. The summed E-state index contributed by atoms with van der Waals surface area (Å²) < 4.78 is 5.14. The van der Waals surface area contributed by atoms with Gasteiger partial charge in [-0.1, -0.05) is 0 Å². The number of carbonyl (C=O) groups excluding carboxylic acids is 2. The molecule has 0 atom stereocenters. The molecule has 2 amide bonds. The van der Waals surface area contributed by atoms with Gasteiger partial charge in [-0.05, 0) is 25.5 Å². The van der Waals surface area contributed by atoms with Crippen molar-refractivity contribution in [1.29, 1.82) is 0 Å². The Labute approximate surface area is 138 Å². The maximum absolute atomic E-state index is 12.3. The molecule has 0 aliphatic carbocycles. The van der Waals surface area contributed by atoms with E-state index in [1.807, 2.05) is 17.3 Å². The zero-order valence-electron chi connectivity index (χ0n) is 13.0. The molecule has 0 unspecified atom stereocenters. The Bertz CT molecular complexity index is 673. The number of aryl methyl sites for hydroxylation is 2. The number of carbonyl (C=O) groups is 2. The van der Waals surface area contributed by atoms with Gasteiger partial charge in [0.05, 0.1) is 17.5 Å². The summed E-state index contributed by atoms with van der Waals surface area (Å²) in [5.74, 6) is 0.385.